The molecule has 112 valence electrons. The number of hydrogen-bond donors (Lipinski definition) is 3. The summed E-state index contributed by atoms with van der Waals surface area (Å²) >= 11 is 0. The van der Waals surface area contributed by atoms with E-state index >= 15 is 0 Å². The van der Waals surface area contributed by atoms with Crippen molar-refractivity contribution in [2.45, 2.75) is 32.7 Å². The molecule has 2 unspecified atom stereocenters. The lowest BCUT2D eigenvalue weighted by atomic mass is 9.99. The van der Waals surface area contributed by atoms with Gasteiger partial charge in [0.2, 0.25) is 0 Å². The number of carboxylic acids is 1. The fraction of sp³-hybridized carbons (Fsp3) is 0.667. The first-order chi connectivity index (χ1) is 9.43. The minimum atomic E-state index is -1.03. The summed E-state index contributed by atoms with van der Waals surface area (Å²) in [5, 5.41) is 18.2. The molecule has 0 aliphatic heterocycles. The standard InChI is InChI=1S/C12H21N5O3/c1-4-8(2)10(11(18)19)15-12(20)13-6-5-9-14-7-17(3)16-9/h7-8,10H,4-6H2,1-3H3,(H,18,19)(H2,13,15,20). The first-order valence-corrected chi connectivity index (χ1v) is 6.55. The number of carboxylic acid groups (broad SMARTS) is 1. The maximum absolute atomic E-state index is 11.6. The van der Waals surface area contributed by atoms with E-state index in [9.17, 15) is 9.59 Å². The van der Waals surface area contributed by atoms with Gasteiger partial charge in [0.05, 0.1) is 0 Å². The molecule has 0 aromatic carbocycles. The predicted octanol–water partition coefficient (Wildman–Crippen LogP) is 0.156. The molecule has 20 heavy (non-hydrogen) atoms. The van der Waals surface area contributed by atoms with Gasteiger partial charge in [0, 0.05) is 20.0 Å². The van der Waals surface area contributed by atoms with Gasteiger partial charge in [-0.3, -0.25) is 4.68 Å². The molecule has 0 fully saturated rings. The highest BCUT2D eigenvalue weighted by molar-refractivity contribution is 5.82. The smallest absolute Gasteiger partial charge is 0.326 e. The van der Waals surface area contributed by atoms with E-state index in [-0.39, 0.29) is 5.92 Å². The molecule has 0 saturated heterocycles. The lowest BCUT2D eigenvalue weighted by Crippen LogP contribution is -2.49. The number of rotatable bonds is 7. The van der Waals surface area contributed by atoms with Crippen LogP contribution < -0.4 is 10.6 Å². The van der Waals surface area contributed by atoms with E-state index in [1.807, 2.05) is 6.92 Å². The number of aryl methyl sites for hydroxylation is 1. The Kier molecular flexibility index (Phi) is 5.95. The summed E-state index contributed by atoms with van der Waals surface area (Å²) in [6.45, 7) is 4.02. The molecule has 1 aromatic heterocycles. The molecular weight excluding hydrogens is 262 g/mol. The van der Waals surface area contributed by atoms with Crippen LogP contribution in [0.5, 0.6) is 0 Å². The summed E-state index contributed by atoms with van der Waals surface area (Å²) in [5.74, 6) is -0.527. The van der Waals surface area contributed by atoms with Crippen LogP contribution in [0.1, 0.15) is 26.1 Å². The van der Waals surface area contributed by atoms with Crippen molar-refractivity contribution in [1.82, 2.24) is 25.4 Å². The predicted molar refractivity (Wildman–Crippen MR) is 72.1 cm³/mol. The third-order valence-corrected chi connectivity index (χ3v) is 3.05. The fourth-order valence-corrected chi connectivity index (χ4v) is 1.66. The summed E-state index contributed by atoms with van der Waals surface area (Å²) in [7, 11) is 1.76. The third-order valence-electron chi connectivity index (χ3n) is 3.05. The molecule has 0 saturated carbocycles. The number of aliphatic carboxylic acids is 1. The van der Waals surface area contributed by atoms with Gasteiger partial charge in [-0.25, -0.2) is 14.6 Å². The second-order valence-electron chi connectivity index (χ2n) is 4.69. The molecule has 0 aliphatic carbocycles. The highest BCUT2D eigenvalue weighted by Crippen LogP contribution is 2.07. The van der Waals surface area contributed by atoms with Crippen LogP contribution in [0.4, 0.5) is 4.79 Å². The third kappa shape index (κ3) is 4.87. The Morgan fingerprint density at radius 3 is 2.70 bits per heavy atom. The van der Waals surface area contributed by atoms with Crippen molar-refractivity contribution in [3.63, 3.8) is 0 Å². The van der Waals surface area contributed by atoms with E-state index in [0.717, 1.165) is 0 Å². The van der Waals surface area contributed by atoms with Gasteiger partial charge in [0.25, 0.3) is 0 Å². The van der Waals surface area contributed by atoms with Crippen molar-refractivity contribution >= 4 is 12.0 Å². The van der Waals surface area contributed by atoms with Gasteiger partial charge in [-0.1, -0.05) is 20.3 Å². The molecule has 8 heteroatoms. The highest BCUT2D eigenvalue weighted by Gasteiger charge is 2.24. The molecule has 3 N–H and O–H groups in total. The number of urea groups is 1. The molecular formula is C12H21N5O3. The lowest BCUT2D eigenvalue weighted by Gasteiger charge is -2.20. The average Bonchev–Trinajstić information content (AvgIpc) is 2.80. The lowest BCUT2D eigenvalue weighted by molar-refractivity contribution is -0.140. The van der Waals surface area contributed by atoms with Gasteiger partial charge in [0.1, 0.15) is 12.4 Å². The van der Waals surface area contributed by atoms with Crippen molar-refractivity contribution in [2.75, 3.05) is 6.54 Å². The molecule has 8 nitrogen and oxygen atoms in total. The van der Waals surface area contributed by atoms with Crippen molar-refractivity contribution in [1.29, 1.82) is 0 Å². The molecule has 1 rings (SSSR count). The number of amides is 2. The van der Waals surface area contributed by atoms with Gasteiger partial charge >= 0.3 is 12.0 Å². The number of carbonyl (C=O) groups excluding carboxylic acids is 1. The van der Waals surface area contributed by atoms with E-state index in [0.29, 0.717) is 25.2 Å². The molecule has 0 aliphatic rings. The van der Waals surface area contributed by atoms with Crippen LogP contribution in [-0.2, 0) is 18.3 Å². The SMILES string of the molecule is CCC(C)C(NC(=O)NCCc1ncn(C)n1)C(=O)O. The monoisotopic (exact) mass is 283 g/mol. The molecule has 0 radical (unpaired) electrons. The van der Waals surface area contributed by atoms with Crippen molar-refractivity contribution in [2.24, 2.45) is 13.0 Å². The first-order valence-electron chi connectivity index (χ1n) is 6.55. The highest BCUT2D eigenvalue weighted by atomic mass is 16.4. The van der Waals surface area contributed by atoms with E-state index in [1.54, 1.807) is 25.0 Å². The van der Waals surface area contributed by atoms with Crippen LogP contribution in [-0.4, -0.2) is 44.5 Å². The van der Waals surface area contributed by atoms with E-state index in [1.165, 1.54) is 0 Å². The van der Waals surface area contributed by atoms with Gasteiger partial charge < -0.3 is 15.7 Å². The number of carbonyl (C=O) groups is 2. The van der Waals surface area contributed by atoms with Gasteiger partial charge in [-0.15, -0.1) is 0 Å². The second kappa shape index (κ2) is 7.46. The van der Waals surface area contributed by atoms with Crippen molar-refractivity contribution in [3.8, 4) is 0 Å². The Balaban J connectivity index is 2.36. The number of nitrogens with one attached hydrogen (secondary N) is 2. The number of nitrogens with zero attached hydrogens (tertiary/aromatic N) is 3. The van der Waals surface area contributed by atoms with E-state index < -0.39 is 18.0 Å². The first kappa shape index (κ1) is 15.9. The summed E-state index contributed by atoms with van der Waals surface area (Å²) in [6.07, 6.45) is 2.75. The van der Waals surface area contributed by atoms with E-state index in [2.05, 4.69) is 20.7 Å². The van der Waals surface area contributed by atoms with Crippen LogP contribution >= 0.6 is 0 Å². The summed E-state index contributed by atoms with van der Waals surface area (Å²) in [6, 6.07) is -1.37. The summed E-state index contributed by atoms with van der Waals surface area (Å²) in [5.41, 5.74) is 0. The zero-order valence-corrected chi connectivity index (χ0v) is 12.0. The summed E-state index contributed by atoms with van der Waals surface area (Å²) < 4.78 is 1.58. The van der Waals surface area contributed by atoms with Crippen LogP contribution in [0.2, 0.25) is 0 Å². The van der Waals surface area contributed by atoms with E-state index in [4.69, 9.17) is 5.11 Å². The second-order valence-corrected chi connectivity index (χ2v) is 4.69. The van der Waals surface area contributed by atoms with Gasteiger partial charge in [0.15, 0.2) is 5.82 Å². The summed E-state index contributed by atoms with van der Waals surface area (Å²) in [4.78, 5) is 26.7. The molecule has 0 spiro atoms. The number of aromatic nitrogens is 3. The van der Waals surface area contributed by atoms with Gasteiger partial charge in [-0.2, -0.15) is 5.10 Å². The Hall–Kier alpha value is -2.12. The molecule has 0 bridgehead atoms. The zero-order chi connectivity index (χ0) is 15.1. The van der Waals surface area contributed by atoms with Crippen molar-refractivity contribution in [3.05, 3.63) is 12.2 Å². The molecule has 1 aromatic rings. The average molecular weight is 283 g/mol. The topological polar surface area (TPSA) is 109 Å². The Morgan fingerprint density at radius 2 is 2.20 bits per heavy atom. The quantitative estimate of drug-likeness (QED) is 0.660. The molecule has 1 heterocycles. The van der Waals surface area contributed by atoms with Crippen LogP contribution in [0.25, 0.3) is 0 Å². The number of hydrogen-bond acceptors (Lipinski definition) is 4. The van der Waals surface area contributed by atoms with Crippen LogP contribution in [0.3, 0.4) is 0 Å². The Bertz CT molecular complexity index is 460. The normalized spacial score (nSPS) is 13.6. The van der Waals surface area contributed by atoms with Gasteiger partial charge in [-0.05, 0) is 5.92 Å². The Labute approximate surface area is 117 Å². The Morgan fingerprint density at radius 1 is 1.50 bits per heavy atom. The maximum Gasteiger partial charge on any atom is 0.326 e. The molecule has 2 atom stereocenters. The fourth-order valence-electron chi connectivity index (χ4n) is 1.66. The maximum atomic E-state index is 11.6. The zero-order valence-electron chi connectivity index (χ0n) is 12.0. The minimum absolute atomic E-state index is 0.129. The van der Waals surface area contributed by atoms with Crippen LogP contribution in [0.15, 0.2) is 6.33 Å². The largest absolute Gasteiger partial charge is 0.480 e. The minimum Gasteiger partial charge on any atom is -0.480 e. The van der Waals surface area contributed by atoms with Crippen LogP contribution in [0, 0.1) is 5.92 Å². The molecule has 2 amide bonds. The van der Waals surface area contributed by atoms with Crippen molar-refractivity contribution < 1.29 is 14.7 Å².